The molecule has 0 aliphatic rings. The van der Waals surface area contributed by atoms with Gasteiger partial charge in [0.05, 0.1) is 5.56 Å². The number of thiophene rings is 1. The summed E-state index contributed by atoms with van der Waals surface area (Å²) in [7, 11) is 0. The molecule has 1 atom stereocenters. The van der Waals surface area contributed by atoms with Gasteiger partial charge in [-0.25, -0.2) is 0 Å². The van der Waals surface area contributed by atoms with Gasteiger partial charge in [0.2, 0.25) is 0 Å². The fourth-order valence-corrected chi connectivity index (χ4v) is 1.72. The zero-order valence-electron chi connectivity index (χ0n) is 6.73. The van der Waals surface area contributed by atoms with Crippen LogP contribution in [0.15, 0.2) is 11.4 Å². The molecule has 1 aromatic heterocycles. The molecule has 4 nitrogen and oxygen atoms in total. The molecule has 0 spiro atoms. The minimum Gasteiger partial charge on any atom is -0.480 e. The maximum absolute atomic E-state index is 10.4. The van der Waals surface area contributed by atoms with Gasteiger partial charge in [0.1, 0.15) is 12.1 Å². The van der Waals surface area contributed by atoms with Crippen molar-refractivity contribution in [2.45, 2.75) is 12.5 Å². The fraction of sp³-hybridized carbons (Fsp3) is 0.250. The Morgan fingerprint density at radius 3 is 3.00 bits per heavy atom. The Morgan fingerprint density at radius 1 is 1.85 bits per heavy atom. The minimum atomic E-state index is -1.02. The average molecular weight is 196 g/mol. The second kappa shape index (κ2) is 4.03. The number of rotatable bonds is 3. The molecule has 0 radical (unpaired) electrons. The van der Waals surface area contributed by atoms with Gasteiger partial charge in [-0.2, -0.15) is 5.26 Å². The van der Waals surface area contributed by atoms with E-state index in [-0.39, 0.29) is 6.42 Å². The van der Waals surface area contributed by atoms with Crippen molar-refractivity contribution in [3.05, 3.63) is 21.9 Å². The van der Waals surface area contributed by atoms with Crippen LogP contribution in [0.3, 0.4) is 0 Å². The number of carboxylic acid groups (broad SMARTS) is 1. The number of hydrogen-bond donors (Lipinski definition) is 2. The molecule has 0 saturated carbocycles. The molecule has 0 saturated heterocycles. The van der Waals surface area contributed by atoms with E-state index in [0.29, 0.717) is 5.56 Å². The molecule has 5 heteroatoms. The van der Waals surface area contributed by atoms with E-state index >= 15 is 0 Å². The lowest BCUT2D eigenvalue weighted by Gasteiger charge is -2.02. The Kier molecular flexibility index (Phi) is 3.01. The number of aliphatic carboxylic acids is 1. The summed E-state index contributed by atoms with van der Waals surface area (Å²) in [6.45, 7) is 0. The van der Waals surface area contributed by atoms with E-state index in [0.717, 1.165) is 4.88 Å². The number of nitrogens with two attached hydrogens (primary N) is 1. The molecule has 1 aromatic rings. The Labute approximate surface area is 79.2 Å². The molecule has 0 aliphatic heterocycles. The van der Waals surface area contributed by atoms with Crippen LogP contribution in [0.5, 0.6) is 0 Å². The van der Waals surface area contributed by atoms with Crippen molar-refractivity contribution in [3.63, 3.8) is 0 Å². The van der Waals surface area contributed by atoms with Gasteiger partial charge in [-0.1, -0.05) is 0 Å². The van der Waals surface area contributed by atoms with Crippen molar-refractivity contribution in [3.8, 4) is 6.07 Å². The molecule has 0 unspecified atom stereocenters. The van der Waals surface area contributed by atoms with Crippen LogP contribution in [-0.4, -0.2) is 17.1 Å². The number of carboxylic acids is 1. The Morgan fingerprint density at radius 2 is 2.54 bits per heavy atom. The van der Waals surface area contributed by atoms with E-state index in [1.807, 2.05) is 6.07 Å². The highest BCUT2D eigenvalue weighted by molar-refractivity contribution is 7.10. The third-order valence-electron chi connectivity index (χ3n) is 1.52. The van der Waals surface area contributed by atoms with Crippen LogP contribution >= 0.6 is 11.3 Å². The first-order valence-electron chi connectivity index (χ1n) is 3.59. The first-order chi connectivity index (χ1) is 6.13. The topological polar surface area (TPSA) is 87.1 Å². The first-order valence-corrected chi connectivity index (χ1v) is 4.47. The highest BCUT2D eigenvalue weighted by Gasteiger charge is 2.13. The summed E-state index contributed by atoms with van der Waals surface area (Å²) >= 11 is 1.35. The summed E-state index contributed by atoms with van der Waals surface area (Å²) in [6.07, 6.45) is 0.279. The average Bonchev–Trinajstić information content (AvgIpc) is 2.52. The zero-order chi connectivity index (χ0) is 9.84. The maximum Gasteiger partial charge on any atom is 0.320 e. The maximum atomic E-state index is 10.4. The normalized spacial score (nSPS) is 12.0. The Bertz CT molecular complexity index is 353. The van der Waals surface area contributed by atoms with Gasteiger partial charge in [0.25, 0.3) is 0 Å². The molecule has 0 aromatic carbocycles. The molecule has 0 bridgehead atoms. The van der Waals surface area contributed by atoms with Crippen LogP contribution in [0.1, 0.15) is 10.4 Å². The number of nitriles is 1. The number of nitrogens with zero attached hydrogens (tertiary/aromatic N) is 1. The van der Waals surface area contributed by atoms with Crippen molar-refractivity contribution < 1.29 is 9.90 Å². The lowest BCUT2D eigenvalue weighted by molar-refractivity contribution is -0.138. The van der Waals surface area contributed by atoms with E-state index < -0.39 is 12.0 Å². The predicted octanol–water partition coefficient (Wildman–Crippen LogP) is 0.574. The predicted molar refractivity (Wildman–Crippen MR) is 48.3 cm³/mol. The molecule has 1 rings (SSSR count). The van der Waals surface area contributed by atoms with Gasteiger partial charge in [-0.05, 0) is 6.07 Å². The summed E-state index contributed by atoms with van der Waals surface area (Å²) in [5.41, 5.74) is 5.88. The highest BCUT2D eigenvalue weighted by atomic mass is 32.1. The van der Waals surface area contributed by atoms with E-state index in [1.54, 1.807) is 11.4 Å². The summed E-state index contributed by atoms with van der Waals surface area (Å²) in [5.74, 6) is -1.02. The largest absolute Gasteiger partial charge is 0.480 e. The summed E-state index contributed by atoms with van der Waals surface area (Å²) in [5, 5.41) is 18.7. The summed E-state index contributed by atoms with van der Waals surface area (Å²) in [6, 6.07) is 2.75. The smallest absolute Gasteiger partial charge is 0.320 e. The molecule has 0 amide bonds. The summed E-state index contributed by atoms with van der Waals surface area (Å²) < 4.78 is 0. The minimum absolute atomic E-state index is 0.279. The second-order valence-corrected chi connectivity index (χ2v) is 3.56. The molecule has 3 N–H and O–H groups in total. The lowest BCUT2D eigenvalue weighted by atomic mass is 10.2. The van der Waals surface area contributed by atoms with Crippen LogP contribution in [0.2, 0.25) is 0 Å². The SMILES string of the molecule is N#Cc1csc(C[C@H](N)C(=O)O)c1. The summed E-state index contributed by atoms with van der Waals surface area (Å²) in [4.78, 5) is 11.2. The molecule has 0 fully saturated rings. The van der Waals surface area contributed by atoms with Crippen molar-refractivity contribution in [1.29, 1.82) is 5.26 Å². The van der Waals surface area contributed by atoms with Crippen LogP contribution in [0.4, 0.5) is 0 Å². The van der Waals surface area contributed by atoms with E-state index in [4.69, 9.17) is 16.1 Å². The van der Waals surface area contributed by atoms with Crippen LogP contribution in [0.25, 0.3) is 0 Å². The van der Waals surface area contributed by atoms with Gasteiger partial charge in [0.15, 0.2) is 0 Å². The zero-order valence-corrected chi connectivity index (χ0v) is 7.54. The quantitative estimate of drug-likeness (QED) is 0.740. The highest BCUT2D eigenvalue weighted by Crippen LogP contribution is 2.15. The fourth-order valence-electron chi connectivity index (χ4n) is 0.850. The Hall–Kier alpha value is -1.38. The van der Waals surface area contributed by atoms with Crippen molar-refractivity contribution in [1.82, 2.24) is 0 Å². The molecular formula is C8H8N2O2S. The van der Waals surface area contributed by atoms with Crippen molar-refractivity contribution in [2.24, 2.45) is 5.73 Å². The van der Waals surface area contributed by atoms with E-state index in [1.165, 1.54) is 11.3 Å². The monoisotopic (exact) mass is 196 g/mol. The third kappa shape index (κ3) is 2.54. The van der Waals surface area contributed by atoms with Gasteiger partial charge < -0.3 is 10.8 Å². The molecule has 68 valence electrons. The molecule has 0 aliphatic carbocycles. The van der Waals surface area contributed by atoms with Gasteiger partial charge in [0, 0.05) is 16.7 Å². The molecule has 1 heterocycles. The van der Waals surface area contributed by atoms with Gasteiger partial charge in [-0.3, -0.25) is 4.79 Å². The van der Waals surface area contributed by atoms with E-state index in [9.17, 15) is 4.79 Å². The van der Waals surface area contributed by atoms with Crippen LogP contribution in [0, 0.1) is 11.3 Å². The van der Waals surface area contributed by atoms with Gasteiger partial charge >= 0.3 is 5.97 Å². The van der Waals surface area contributed by atoms with Crippen LogP contribution in [-0.2, 0) is 11.2 Å². The second-order valence-electron chi connectivity index (χ2n) is 2.56. The Balaban J connectivity index is 2.65. The van der Waals surface area contributed by atoms with E-state index in [2.05, 4.69) is 0 Å². The van der Waals surface area contributed by atoms with Crippen molar-refractivity contribution in [2.75, 3.05) is 0 Å². The third-order valence-corrected chi connectivity index (χ3v) is 2.48. The van der Waals surface area contributed by atoms with Crippen molar-refractivity contribution >= 4 is 17.3 Å². The number of carbonyl (C=O) groups is 1. The standard InChI is InChI=1S/C8H8N2O2S/c9-3-5-1-6(13-4-5)2-7(10)8(11)12/h1,4,7H,2,10H2,(H,11,12)/t7-/m0/s1. The van der Waals surface area contributed by atoms with Crippen LogP contribution < -0.4 is 5.73 Å². The lowest BCUT2D eigenvalue weighted by Crippen LogP contribution is -2.31. The first kappa shape index (κ1) is 9.71. The molecule has 13 heavy (non-hydrogen) atoms. The number of hydrogen-bond acceptors (Lipinski definition) is 4. The molecular weight excluding hydrogens is 188 g/mol. The van der Waals surface area contributed by atoms with Gasteiger partial charge in [-0.15, -0.1) is 11.3 Å².